The number of methoxy groups -OCH3 is 1. The first-order valence-corrected chi connectivity index (χ1v) is 11.7. The second-order valence-corrected chi connectivity index (χ2v) is 8.72. The molecule has 1 fully saturated rings. The lowest BCUT2D eigenvalue weighted by molar-refractivity contribution is 0.405. The molecule has 0 spiro atoms. The van der Waals surface area contributed by atoms with Crippen molar-refractivity contribution in [1.82, 2.24) is 15.2 Å². The van der Waals surface area contributed by atoms with Gasteiger partial charge in [0.15, 0.2) is 0 Å². The fraction of sp³-hybridized carbons (Fsp3) is 0.370. The maximum atomic E-state index is 5.33. The third-order valence-electron chi connectivity index (χ3n) is 5.98. The van der Waals surface area contributed by atoms with Crippen molar-refractivity contribution < 1.29 is 4.74 Å². The molecule has 174 valence electrons. The molecule has 0 radical (unpaired) electrons. The lowest BCUT2D eigenvalue weighted by Crippen LogP contribution is -2.43. The molecule has 2 aromatic carbocycles. The smallest absolute Gasteiger partial charge is 0.127 e. The SMILES string of the molecule is COc1ccc(-c2cc(NCCCN(C)C)nc(-c3ccc(N4CCNCC4)cc3)c2)cc1. The average molecular weight is 446 g/mol. The van der Waals surface area contributed by atoms with Crippen molar-refractivity contribution in [3.05, 3.63) is 60.7 Å². The van der Waals surface area contributed by atoms with E-state index in [1.165, 1.54) is 5.69 Å². The first kappa shape index (κ1) is 23.1. The molecule has 2 N–H and O–H groups in total. The molecule has 1 aliphatic rings. The Hall–Kier alpha value is -3.09. The number of anilines is 2. The Bertz CT molecular complexity index is 1010. The molecule has 6 heteroatoms. The van der Waals surface area contributed by atoms with Crippen LogP contribution in [-0.2, 0) is 0 Å². The first-order chi connectivity index (χ1) is 16.1. The number of aromatic nitrogens is 1. The normalized spacial score (nSPS) is 13.9. The Morgan fingerprint density at radius 2 is 1.64 bits per heavy atom. The van der Waals surface area contributed by atoms with E-state index in [0.29, 0.717) is 0 Å². The summed E-state index contributed by atoms with van der Waals surface area (Å²) in [6.07, 6.45) is 1.07. The van der Waals surface area contributed by atoms with Crippen LogP contribution in [0.2, 0.25) is 0 Å². The van der Waals surface area contributed by atoms with Gasteiger partial charge in [-0.25, -0.2) is 4.98 Å². The molecule has 3 aromatic rings. The van der Waals surface area contributed by atoms with E-state index in [-0.39, 0.29) is 0 Å². The molecular formula is C27H35N5O. The minimum absolute atomic E-state index is 0.860. The van der Waals surface area contributed by atoms with Gasteiger partial charge in [-0.1, -0.05) is 24.3 Å². The number of benzene rings is 2. The van der Waals surface area contributed by atoms with E-state index in [2.05, 4.69) is 83.1 Å². The summed E-state index contributed by atoms with van der Waals surface area (Å²) in [5.41, 5.74) is 5.66. The Balaban J connectivity index is 1.60. The molecule has 1 aromatic heterocycles. The monoisotopic (exact) mass is 445 g/mol. The summed E-state index contributed by atoms with van der Waals surface area (Å²) in [7, 11) is 5.90. The molecule has 1 aliphatic heterocycles. The Morgan fingerprint density at radius 1 is 0.939 bits per heavy atom. The van der Waals surface area contributed by atoms with Gasteiger partial charge in [0.05, 0.1) is 12.8 Å². The molecule has 6 nitrogen and oxygen atoms in total. The molecule has 1 saturated heterocycles. The third kappa shape index (κ3) is 6.24. The quantitative estimate of drug-likeness (QED) is 0.482. The highest BCUT2D eigenvalue weighted by Crippen LogP contribution is 2.30. The van der Waals surface area contributed by atoms with Gasteiger partial charge in [-0.2, -0.15) is 0 Å². The van der Waals surface area contributed by atoms with Crippen LogP contribution in [0.3, 0.4) is 0 Å². The van der Waals surface area contributed by atoms with E-state index in [1.54, 1.807) is 7.11 Å². The van der Waals surface area contributed by atoms with Gasteiger partial charge >= 0.3 is 0 Å². The predicted octanol–water partition coefficient (Wildman–Crippen LogP) is 4.20. The van der Waals surface area contributed by atoms with Crippen LogP contribution < -0.4 is 20.3 Å². The lowest BCUT2D eigenvalue weighted by Gasteiger charge is -2.29. The van der Waals surface area contributed by atoms with E-state index in [4.69, 9.17) is 9.72 Å². The van der Waals surface area contributed by atoms with Gasteiger partial charge in [-0.05, 0) is 74.6 Å². The maximum absolute atomic E-state index is 5.33. The summed E-state index contributed by atoms with van der Waals surface area (Å²) in [4.78, 5) is 9.58. The Labute approximate surface area is 197 Å². The Kier molecular flexibility index (Phi) is 7.81. The zero-order chi connectivity index (χ0) is 23.0. The summed E-state index contributed by atoms with van der Waals surface area (Å²) in [5, 5.41) is 6.94. The van der Waals surface area contributed by atoms with E-state index in [9.17, 15) is 0 Å². The van der Waals surface area contributed by atoms with Crippen LogP contribution in [-0.4, -0.2) is 70.4 Å². The minimum Gasteiger partial charge on any atom is -0.497 e. The van der Waals surface area contributed by atoms with Crippen molar-refractivity contribution in [2.75, 3.05) is 70.7 Å². The highest BCUT2D eigenvalue weighted by molar-refractivity contribution is 5.75. The zero-order valence-electron chi connectivity index (χ0n) is 20.0. The average Bonchev–Trinajstić information content (AvgIpc) is 2.87. The van der Waals surface area contributed by atoms with Crippen molar-refractivity contribution in [2.24, 2.45) is 0 Å². The second-order valence-electron chi connectivity index (χ2n) is 8.72. The van der Waals surface area contributed by atoms with Crippen molar-refractivity contribution in [3.8, 4) is 28.1 Å². The largest absolute Gasteiger partial charge is 0.497 e. The van der Waals surface area contributed by atoms with Gasteiger partial charge < -0.3 is 25.2 Å². The number of piperazine rings is 1. The van der Waals surface area contributed by atoms with Crippen LogP contribution in [0.15, 0.2) is 60.7 Å². The fourth-order valence-corrected chi connectivity index (χ4v) is 4.10. The van der Waals surface area contributed by atoms with Crippen LogP contribution in [0.25, 0.3) is 22.4 Å². The summed E-state index contributed by atoms with van der Waals surface area (Å²) in [6, 6.07) is 21.3. The molecule has 0 bridgehead atoms. The number of hydrogen-bond acceptors (Lipinski definition) is 6. The summed E-state index contributed by atoms with van der Waals surface area (Å²) < 4.78 is 5.33. The van der Waals surface area contributed by atoms with E-state index in [1.807, 2.05) is 12.1 Å². The third-order valence-corrected chi connectivity index (χ3v) is 5.98. The predicted molar refractivity (Wildman–Crippen MR) is 138 cm³/mol. The Morgan fingerprint density at radius 3 is 2.30 bits per heavy atom. The van der Waals surface area contributed by atoms with Crippen molar-refractivity contribution in [3.63, 3.8) is 0 Å². The molecule has 0 atom stereocenters. The molecule has 0 saturated carbocycles. The lowest BCUT2D eigenvalue weighted by atomic mass is 10.0. The van der Waals surface area contributed by atoms with Gasteiger partial charge in [0.1, 0.15) is 11.6 Å². The van der Waals surface area contributed by atoms with Crippen molar-refractivity contribution >= 4 is 11.5 Å². The van der Waals surface area contributed by atoms with Gasteiger partial charge in [0.25, 0.3) is 0 Å². The van der Waals surface area contributed by atoms with Crippen LogP contribution in [0, 0.1) is 0 Å². The number of rotatable bonds is 9. The van der Waals surface area contributed by atoms with Crippen LogP contribution >= 0.6 is 0 Å². The van der Waals surface area contributed by atoms with Crippen molar-refractivity contribution in [2.45, 2.75) is 6.42 Å². The standard InChI is InChI=1S/C27H35N5O/c1-31(2)16-4-13-29-27-20-23(21-7-11-25(33-3)12-8-21)19-26(30-27)22-5-9-24(10-6-22)32-17-14-28-15-18-32/h5-12,19-20,28H,4,13-18H2,1-3H3,(H,29,30). The van der Waals surface area contributed by atoms with E-state index in [0.717, 1.165) is 79.6 Å². The summed E-state index contributed by atoms with van der Waals surface area (Å²) >= 11 is 0. The summed E-state index contributed by atoms with van der Waals surface area (Å²) in [6.45, 7) is 6.10. The topological polar surface area (TPSA) is 52.7 Å². The minimum atomic E-state index is 0.860. The van der Waals surface area contributed by atoms with E-state index < -0.39 is 0 Å². The fourth-order valence-electron chi connectivity index (χ4n) is 4.10. The van der Waals surface area contributed by atoms with Gasteiger partial charge in [-0.15, -0.1) is 0 Å². The highest BCUT2D eigenvalue weighted by atomic mass is 16.5. The highest BCUT2D eigenvalue weighted by Gasteiger charge is 2.12. The molecule has 33 heavy (non-hydrogen) atoms. The molecular weight excluding hydrogens is 410 g/mol. The number of pyridine rings is 1. The zero-order valence-corrected chi connectivity index (χ0v) is 20.0. The molecule has 0 aliphatic carbocycles. The first-order valence-electron chi connectivity index (χ1n) is 11.7. The number of nitrogens with zero attached hydrogens (tertiary/aromatic N) is 3. The van der Waals surface area contributed by atoms with Crippen LogP contribution in [0.1, 0.15) is 6.42 Å². The molecule has 0 unspecified atom stereocenters. The number of hydrogen-bond donors (Lipinski definition) is 2. The molecule has 0 amide bonds. The van der Waals surface area contributed by atoms with Gasteiger partial charge in [-0.3, -0.25) is 0 Å². The van der Waals surface area contributed by atoms with Crippen LogP contribution in [0.4, 0.5) is 11.5 Å². The maximum Gasteiger partial charge on any atom is 0.127 e. The van der Waals surface area contributed by atoms with Crippen LogP contribution in [0.5, 0.6) is 5.75 Å². The van der Waals surface area contributed by atoms with Crippen molar-refractivity contribution in [1.29, 1.82) is 0 Å². The van der Waals surface area contributed by atoms with Gasteiger partial charge in [0, 0.05) is 44.0 Å². The molecule has 2 heterocycles. The van der Waals surface area contributed by atoms with E-state index >= 15 is 0 Å². The van der Waals surface area contributed by atoms with Gasteiger partial charge in [0.2, 0.25) is 0 Å². The number of nitrogens with one attached hydrogen (secondary N) is 2. The second kappa shape index (κ2) is 11.2. The molecule has 4 rings (SSSR count). The summed E-state index contributed by atoms with van der Waals surface area (Å²) in [5.74, 6) is 1.77. The number of ether oxygens (including phenoxy) is 1.